The molecule has 2 rings (SSSR count). The van der Waals surface area contributed by atoms with Gasteiger partial charge in [0.2, 0.25) is 0 Å². The molecule has 1 heterocycles. The Kier molecular flexibility index (Phi) is 4.87. The van der Waals surface area contributed by atoms with Crippen LogP contribution >= 0.6 is 0 Å². The van der Waals surface area contributed by atoms with Gasteiger partial charge in [-0.3, -0.25) is 0 Å². The second kappa shape index (κ2) is 6.19. The van der Waals surface area contributed by atoms with E-state index in [0.717, 1.165) is 6.54 Å². The summed E-state index contributed by atoms with van der Waals surface area (Å²) >= 11 is 0. The Labute approximate surface area is 107 Å². The Bertz CT molecular complexity index is 223. The zero-order chi connectivity index (χ0) is 12.1. The number of hydrogen-bond acceptors (Lipinski definition) is 2. The van der Waals surface area contributed by atoms with Crippen LogP contribution in [0.1, 0.15) is 71.6 Å². The number of nitrogens with one attached hydrogen (secondary N) is 1. The molecule has 1 saturated heterocycles. The fourth-order valence-corrected chi connectivity index (χ4v) is 3.47. The summed E-state index contributed by atoms with van der Waals surface area (Å²) in [6, 6.07) is 0.645. The average molecular weight is 239 g/mol. The molecule has 0 amide bonds. The Morgan fingerprint density at radius 1 is 1.24 bits per heavy atom. The first-order chi connectivity index (χ1) is 8.24. The maximum absolute atomic E-state index is 6.36. The molecule has 1 aliphatic carbocycles. The van der Waals surface area contributed by atoms with Crippen LogP contribution in [0.15, 0.2) is 0 Å². The van der Waals surface area contributed by atoms with Crippen molar-refractivity contribution in [2.45, 2.75) is 89.4 Å². The van der Waals surface area contributed by atoms with Crippen LogP contribution < -0.4 is 5.32 Å². The summed E-state index contributed by atoms with van der Waals surface area (Å²) in [4.78, 5) is 0. The quantitative estimate of drug-likeness (QED) is 0.791. The van der Waals surface area contributed by atoms with E-state index in [1.807, 2.05) is 0 Å². The van der Waals surface area contributed by atoms with Crippen molar-refractivity contribution in [2.75, 3.05) is 6.54 Å². The highest BCUT2D eigenvalue weighted by Crippen LogP contribution is 2.41. The maximum atomic E-state index is 6.36. The third-order valence-corrected chi connectivity index (χ3v) is 4.52. The Morgan fingerprint density at radius 3 is 2.71 bits per heavy atom. The topological polar surface area (TPSA) is 21.3 Å². The second-order valence-corrected chi connectivity index (χ2v) is 6.12. The van der Waals surface area contributed by atoms with Gasteiger partial charge in [0.05, 0.1) is 11.7 Å². The molecule has 0 radical (unpaired) electrons. The lowest BCUT2D eigenvalue weighted by Crippen LogP contribution is -2.37. The molecule has 17 heavy (non-hydrogen) atoms. The van der Waals surface area contributed by atoms with E-state index in [1.165, 1.54) is 57.8 Å². The largest absolute Gasteiger partial charge is 0.370 e. The molecule has 1 saturated carbocycles. The van der Waals surface area contributed by atoms with Crippen LogP contribution in [-0.2, 0) is 4.74 Å². The SMILES string of the molecule is CCCC(C)NCC1CCC2(CCCCC2)O1. The molecular weight excluding hydrogens is 210 g/mol. The van der Waals surface area contributed by atoms with Gasteiger partial charge in [0, 0.05) is 12.6 Å². The number of rotatable bonds is 5. The van der Waals surface area contributed by atoms with Gasteiger partial charge in [-0.05, 0) is 39.0 Å². The third-order valence-electron chi connectivity index (χ3n) is 4.52. The molecule has 2 heteroatoms. The summed E-state index contributed by atoms with van der Waals surface area (Å²) in [6.07, 6.45) is 12.4. The average Bonchev–Trinajstić information content (AvgIpc) is 2.71. The van der Waals surface area contributed by atoms with Crippen LogP contribution in [0.25, 0.3) is 0 Å². The Hall–Kier alpha value is -0.0800. The molecule has 0 bridgehead atoms. The standard InChI is InChI=1S/C15H29NO/c1-3-7-13(2)16-12-14-8-11-15(17-14)9-5-4-6-10-15/h13-14,16H,3-12H2,1-2H3. The van der Waals surface area contributed by atoms with E-state index in [0.29, 0.717) is 17.7 Å². The lowest BCUT2D eigenvalue weighted by molar-refractivity contribution is -0.0628. The van der Waals surface area contributed by atoms with E-state index in [-0.39, 0.29) is 0 Å². The molecule has 2 unspecified atom stereocenters. The molecular formula is C15H29NO. The fourth-order valence-electron chi connectivity index (χ4n) is 3.47. The van der Waals surface area contributed by atoms with Crippen molar-refractivity contribution < 1.29 is 4.74 Å². The fraction of sp³-hybridized carbons (Fsp3) is 1.00. The normalized spacial score (nSPS) is 29.6. The molecule has 1 N–H and O–H groups in total. The minimum atomic E-state index is 0.290. The van der Waals surface area contributed by atoms with Gasteiger partial charge in [0.1, 0.15) is 0 Å². The summed E-state index contributed by atoms with van der Waals surface area (Å²) in [7, 11) is 0. The van der Waals surface area contributed by atoms with Crippen LogP contribution in [0.2, 0.25) is 0 Å². The van der Waals surface area contributed by atoms with Crippen molar-refractivity contribution in [3.8, 4) is 0 Å². The molecule has 100 valence electrons. The van der Waals surface area contributed by atoms with Crippen molar-refractivity contribution in [1.29, 1.82) is 0 Å². The molecule has 2 atom stereocenters. The van der Waals surface area contributed by atoms with E-state index >= 15 is 0 Å². The molecule has 0 aromatic rings. The summed E-state index contributed by atoms with van der Waals surface area (Å²) < 4.78 is 6.36. The highest BCUT2D eigenvalue weighted by atomic mass is 16.5. The van der Waals surface area contributed by atoms with Crippen molar-refractivity contribution >= 4 is 0 Å². The number of hydrogen-bond donors (Lipinski definition) is 1. The monoisotopic (exact) mass is 239 g/mol. The highest BCUT2D eigenvalue weighted by molar-refractivity contribution is 4.91. The smallest absolute Gasteiger partial charge is 0.0708 e. The summed E-state index contributed by atoms with van der Waals surface area (Å²) in [5, 5.41) is 3.62. The van der Waals surface area contributed by atoms with Gasteiger partial charge in [-0.25, -0.2) is 0 Å². The van der Waals surface area contributed by atoms with E-state index in [2.05, 4.69) is 19.2 Å². The van der Waals surface area contributed by atoms with Crippen LogP contribution in [0.5, 0.6) is 0 Å². The summed E-state index contributed by atoms with van der Waals surface area (Å²) in [6.45, 7) is 5.60. The number of ether oxygens (including phenoxy) is 1. The van der Waals surface area contributed by atoms with E-state index in [4.69, 9.17) is 4.74 Å². The van der Waals surface area contributed by atoms with Crippen LogP contribution in [-0.4, -0.2) is 24.3 Å². The molecule has 0 aromatic carbocycles. The summed E-state index contributed by atoms with van der Waals surface area (Å²) in [5.41, 5.74) is 0.290. The van der Waals surface area contributed by atoms with Gasteiger partial charge < -0.3 is 10.1 Å². The van der Waals surface area contributed by atoms with Gasteiger partial charge in [0.15, 0.2) is 0 Å². The zero-order valence-corrected chi connectivity index (χ0v) is 11.6. The predicted octanol–water partition coefficient (Wildman–Crippen LogP) is 3.65. The van der Waals surface area contributed by atoms with Crippen molar-refractivity contribution in [3.63, 3.8) is 0 Å². The van der Waals surface area contributed by atoms with Gasteiger partial charge >= 0.3 is 0 Å². The van der Waals surface area contributed by atoms with Gasteiger partial charge in [-0.1, -0.05) is 32.6 Å². The summed E-state index contributed by atoms with van der Waals surface area (Å²) in [5.74, 6) is 0. The van der Waals surface area contributed by atoms with Crippen LogP contribution in [0, 0.1) is 0 Å². The van der Waals surface area contributed by atoms with Crippen LogP contribution in [0.4, 0.5) is 0 Å². The van der Waals surface area contributed by atoms with Crippen molar-refractivity contribution in [2.24, 2.45) is 0 Å². The van der Waals surface area contributed by atoms with Gasteiger partial charge in [-0.2, -0.15) is 0 Å². The maximum Gasteiger partial charge on any atom is 0.0708 e. The Morgan fingerprint density at radius 2 is 2.00 bits per heavy atom. The van der Waals surface area contributed by atoms with E-state index in [1.54, 1.807) is 0 Å². The van der Waals surface area contributed by atoms with E-state index in [9.17, 15) is 0 Å². The lowest BCUT2D eigenvalue weighted by atomic mass is 9.83. The third kappa shape index (κ3) is 3.69. The molecule has 2 aliphatic rings. The first-order valence-corrected chi connectivity index (χ1v) is 7.65. The molecule has 2 nitrogen and oxygen atoms in total. The predicted molar refractivity (Wildman–Crippen MR) is 72.3 cm³/mol. The Balaban J connectivity index is 1.70. The second-order valence-electron chi connectivity index (χ2n) is 6.12. The molecule has 2 fully saturated rings. The molecule has 1 spiro atoms. The first kappa shape index (κ1) is 13.4. The van der Waals surface area contributed by atoms with E-state index < -0.39 is 0 Å². The zero-order valence-electron chi connectivity index (χ0n) is 11.6. The lowest BCUT2D eigenvalue weighted by Gasteiger charge is -2.33. The molecule has 1 aliphatic heterocycles. The van der Waals surface area contributed by atoms with Crippen molar-refractivity contribution in [1.82, 2.24) is 5.32 Å². The first-order valence-electron chi connectivity index (χ1n) is 7.65. The highest BCUT2D eigenvalue weighted by Gasteiger charge is 2.40. The van der Waals surface area contributed by atoms with Gasteiger partial charge in [0.25, 0.3) is 0 Å². The van der Waals surface area contributed by atoms with Crippen molar-refractivity contribution in [3.05, 3.63) is 0 Å². The minimum absolute atomic E-state index is 0.290. The minimum Gasteiger partial charge on any atom is -0.370 e. The molecule has 0 aromatic heterocycles. The van der Waals surface area contributed by atoms with Crippen LogP contribution in [0.3, 0.4) is 0 Å². The van der Waals surface area contributed by atoms with Gasteiger partial charge in [-0.15, -0.1) is 0 Å².